The van der Waals surface area contributed by atoms with Crippen LogP contribution in [0.25, 0.3) is 0 Å². The predicted octanol–water partition coefficient (Wildman–Crippen LogP) is 0.167. The van der Waals surface area contributed by atoms with Crippen molar-refractivity contribution >= 4 is 5.91 Å². The van der Waals surface area contributed by atoms with Gasteiger partial charge in [-0.1, -0.05) is 0 Å². The molecule has 0 aliphatic heterocycles. The van der Waals surface area contributed by atoms with E-state index < -0.39 is 0 Å². The molecule has 6 nitrogen and oxygen atoms in total. The van der Waals surface area contributed by atoms with E-state index in [9.17, 15) is 4.79 Å². The molecule has 0 fully saturated rings. The number of ether oxygens (including phenoxy) is 2. The van der Waals surface area contributed by atoms with Gasteiger partial charge in [-0.25, -0.2) is 0 Å². The van der Waals surface area contributed by atoms with E-state index in [0.29, 0.717) is 39.4 Å². The minimum atomic E-state index is 0.0332. The number of carbonyl (C=O) groups excluding carboxylic acids is 1. The third-order valence-corrected chi connectivity index (χ3v) is 3.15. The van der Waals surface area contributed by atoms with E-state index in [4.69, 9.17) is 15.2 Å². The van der Waals surface area contributed by atoms with Crippen molar-refractivity contribution in [2.75, 3.05) is 60.2 Å². The second-order valence-corrected chi connectivity index (χ2v) is 4.81. The normalized spacial score (nSPS) is 12.7. The van der Waals surface area contributed by atoms with Crippen LogP contribution >= 0.6 is 0 Å². The first-order valence-corrected chi connectivity index (χ1v) is 7.36. The maximum absolute atomic E-state index is 11.9. The van der Waals surface area contributed by atoms with Crippen LogP contribution in [0.2, 0.25) is 0 Å². The fourth-order valence-electron chi connectivity index (χ4n) is 1.87. The van der Waals surface area contributed by atoms with Gasteiger partial charge in [0.05, 0.1) is 13.2 Å². The molecule has 0 aliphatic rings. The van der Waals surface area contributed by atoms with Crippen LogP contribution in [0, 0.1) is 0 Å². The summed E-state index contributed by atoms with van der Waals surface area (Å²) in [6.45, 7) is 8.63. The molecule has 1 atom stereocenters. The van der Waals surface area contributed by atoms with Crippen molar-refractivity contribution in [3.8, 4) is 0 Å². The Bertz CT molecular complexity index is 240. The molecule has 0 aliphatic carbocycles. The summed E-state index contributed by atoms with van der Waals surface area (Å²) in [7, 11) is 3.53. The molecule has 2 N–H and O–H groups in total. The molecule has 0 radical (unpaired) electrons. The van der Waals surface area contributed by atoms with E-state index >= 15 is 0 Å². The highest BCUT2D eigenvalue weighted by Crippen LogP contribution is 2.05. The molecule has 0 heterocycles. The third-order valence-electron chi connectivity index (χ3n) is 3.15. The van der Waals surface area contributed by atoms with E-state index in [1.807, 2.05) is 13.8 Å². The average molecular weight is 289 g/mol. The third kappa shape index (κ3) is 8.47. The molecular formula is C14H31N3O3. The number of nitrogens with zero attached hydrogens (tertiary/aromatic N) is 2. The van der Waals surface area contributed by atoms with Crippen LogP contribution in [0.3, 0.4) is 0 Å². The summed E-state index contributed by atoms with van der Waals surface area (Å²) in [5.41, 5.74) is 5.84. The molecule has 0 aromatic heterocycles. The lowest BCUT2D eigenvalue weighted by Crippen LogP contribution is -2.46. The van der Waals surface area contributed by atoms with Crippen LogP contribution in [0.5, 0.6) is 0 Å². The molecule has 1 amide bonds. The Morgan fingerprint density at radius 3 is 1.95 bits per heavy atom. The Morgan fingerprint density at radius 2 is 1.60 bits per heavy atom. The maximum atomic E-state index is 11.9. The highest BCUT2D eigenvalue weighted by atomic mass is 16.5. The molecule has 0 saturated carbocycles. The van der Waals surface area contributed by atoms with Crippen molar-refractivity contribution in [3.63, 3.8) is 0 Å². The molecule has 20 heavy (non-hydrogen) atoms. The zero-order chi connectivity index (χ0) is 15.4. The zero-order valence-corrected chi connectivity index (χ0v) is 13.4. The molecule has 0 saturated heterocycles. The SMILES string of the molecule is CCOCCN(CCOCC)C(CN)CC(=O)N(C)C. The van der Waals surface area contributed by atoms with Gasteiger partial charge in [0, 0.05) is 59.4 Å². The van der Waals surface area contributed by atoms with Crippen LogP contribution < -0.4 is 5.73 Å². The first-order chi connectivity index (χ1) is 9.56. The van der Waals surface area contributed by atoms with Crippen molar-refractivity contribution in [1.29, 1.82) is 0 Å². The highest BCUT2D eigenvalue weighted by molar-refractivity contribution is 5.76. The van der Waals surface area contributed by atoms with Gasteiger partial charge in [0.25, 0.3) is 0 Å². The molecular weight excluding hydrogens is 258 g/mol. The van der Waals surface area contributed by atoms with Crippen LogP contribution in [-0.4, -0.2) is 81.9 Å². The van der Waals surface area contributed by atoms with Gasteiger partial charge in [-0.3, -0.25) is 9.69 Å². The lowest BCUT2D eigenvalue weighted by atomic mass is 10.1. The number of nitrogens with two attached hydrogens (primary N) is 1. The fraction of sp³-hybridized carbons (Fsp3) is 0.929. The van der Waals surface area contributed by atoms with E-state index in [2.05, 4.69) is 4.90 Å². The fourth-order valence-corrected chi connectivity index (χ4v) is 1.87. The van der Waals surface area contributed by atoms with E-state index in [0.717, 1.165) is 13.1 Å². The van der Waals surface area contributed by atoms with Crippen molar-refractivity contribution < 1.29 is 14.3 Å². The molecule has 6 heteroatoms. The second-order valence-electron chi connectivity index (χ2n) is 4.81. The smallest absolute Gasteiger partial charge is 0.223 e. The number of carbonyl (C=O) groups is 1. The van der Waals surface area contributed by atoms with Gasteiger partial charge in [0.1, 0.15) is 0 Å². The van der Waals surface area contributed by atoms with Gasteiger partial charge >= 0.3 is 0 Å². The van der Waals surface area contributed by atoms with Crippen molar-refractivity contribution in [2.24, 2.45) is 5.73 Å². The van der Waals surface area contributed by atoms with E-state index in [1.165, 1.54) is 0 Å². The molecule has 0 rings (SSSR count). The molecule has 0 spiro atoms. The molecule has 0 aromatic carbocycles. The topological polar surface area (TPSA) is 68.0 Å². The first-order valence-electron chi connectivity index (χ1n) is 7.36. The van der Waals surface area contributed by atoms with Gasteiger partial charge in [-0.2, -0.15) is 0 Å². The molecule has 1 unspecified atom stereocenters. The summed E-state index contributed by atoms with van der Waals surface area (Å²) < 4.78 is 10.8. The van der Waals surface area contributed by atoms with Crippen molar-refractivity contribution in [2.45, 2.75) is 26.3 Å². The Morgan fingerprint density at radius 1 is 1.10 bits per heavy atom. The molecule has 120 valence electrons. The minimum Gasteiger partial charge on any atom is -0.380 e. The van der Waals surface area contributed by atoms with Crippen LogP contribution in [0.4, 0.5) is 0 Å². The van der Waals surface area contributed by atoms with Crippen LogP contribution in [0.15, 0.2) is 0 Å². The number of rotatable bonds is 12. The zero-order valence-electron chi connectivity index (χ0n) is 13.4. The standard InChI is InChI=1S/C14H31N3O3/c1-5-19-9-7-17(8-10-20-6-2)13(12-15)11-14(18)16(3)4/h13H,5-12,15H2,1-4H3. The summed E-state index contributed by atoms with van der Waals surface area (Å²) in [6.07, 6.45) is 0.432. The summed E-state index contributed by atoms with van der Waals surface area (Å²) in [5, 5.41) is 0. The van der Waals surface area contributed by atoms with Gasteiger partial charge in [-0.15, -0.1) is 0 Å². The maximum Gasteiger partial charge on any atom is 0.223 e. The monoisotopic (exact) mass is 289 g/mol. The lowest BCUT2D eigenvalue weighted by molar-refractivity contribution is -0.130. The van der Waals surface area contributed by atoms with Crippen molar-refractivity contribution in [3.05, 3.63) is 0 Å². The summed E-state index contributed by atoms with van der Waals surface area (Å²) in [4.78, 5) is 15.6. The quantitative estimate of drug-likeness (QED) is 0.519. The Labute approximate surface area is 123 Å². The predicted molar refractivity (Wildman–Crippen MR) is 80.7 cm³/mol. The number of amides is 1. The molecule has 0 aromatic rings. The van der Waals surface area contributed by atoms with Gasteiger partial charge < -0.3 is 20.1 Å². The number of hydrogen-bond donors (Lipinski definition) is 1. The average Bonchev–Trinajstić information content (AvgIpc) is 2.43. The van der Waals surface area contributed by atoms with Crippen LogP contribution in [0.1, 0.15) is 20.3 Å². The van der Waals surface area contributed by atoms with Crippen molar-refractivity contribution in [1.82, 2.24) is 9.80 Å². The second kappa shape index (κ2) is 12.1. The largest absolute Gasteiger partial charge is 0.380 e. The highest BCUT2D eigenvalue weighted by Gasteiger charge is 2.20. The van der Waals surface area contributed by atoms with Gasteiger partial charge in [0.2, 0.25) is 5.91 Å². The van der Waals surface area contributed by atoms with E-state index in [-0.39, 0.29) is 11.9 Å². The molecule has 0 bridgehead atoms. The minimum absolute atomic E-state index is 0.0332. The summed E-state index contributed by atoms with van der Waals surface area (Å²) >= 11 is 0. The van der Waals surface area contributed by atoms with Crippen LogP contribution in [-0.2, 0) is 14.3 Å². The summed E-state index contributed by atoms with van der Waals surface area (Å²) in [5.74, 6) is 0.0956. The summed E-state index contributed by atoms with van der Waals surface area (Å²) in [6, 6.07) is 0.0332. The van der Waals surface area contributed by atoms with Gasteiger partial charge in [-0.05, 0) is 13.8 Å². The lowest BCUT2D eigenvalue weighted by Gasteiger charge is -2.31. The first kappa shape index (κ1) is 19.3. The Balaban J connectivity index is 4.44. The number of hydrogen-bond acceptors (Lipinski definition) is 5. The Hall–Kier alpha value is -0.690. The Kier molecular flexibility index (Phi) is 11.7. The van der Waals surface area contributed by atoms with Gasteiger partial charge in [0.15, 0.2) is 0 Å². The van der Waals surface area contributed by atoms with E-state index in [1.54, 1.807) is 19.0 Å².